The highest BCUT2D eigenvalue weighted by Crippen LogP contribution is 2.32. The van der Waals surface area contributed by atoms with Gasteiger partial charge in [0.25, 0.3) is 0 Å². The Morgan fingerprint density at radius 1 is 1.39 bits per heavy atom. The molecule has 1 saturated heterocycles. The van der Waals surface area contributed by atoms with Crippen molar-refractivity contribution < 1.29 is 4.74 Å². The maximum Gasteiger partial charge on any atom is 0.153 e. The summed E-state index contributed by atoms with van der Waals surface area (Å²) in [6.45, 7) is 1.53. The van der Waals surface area contributed by atoms with Gasteiger partial charge in [-0.25, -0.2) is 9.97 Å². The summed E-state index contributed by atoms with van der Waals surface area (Å²) in [5.41, 5.74) is 0. The summed E-state index contributed by atoms with van der Waals surface area (Å²) >= 11 is 0. The number of aromatic amines is 1. The number of nitrogens with one attached hydrogen (secondary N) is 2. The van der Waals surface area contributed by atoms with Crippen LogP contribution < -0.4 is 5.32 Å². The largest absolute Gasteiger partial charge is 0.370 e. The van der Waals surface area contributed by atoms with Crippen molar-refractivity contribution in [2.75, 3.05) is 18.5 Å². The lowest BCUT2D eigenvalue weighted by molar-refractivity contribution is 0.0864. The topological polar surface area (TPSA) is 88.6 Å². The molecule has 1 fully saturated rings. The van der Waals surface area contributed by atoms with Gasteiger partial charge in [-0.2, -0.15) is 5.10 Å². The van der Waals surface area contributed by atoms with Crippen molar-refractivity contribution in [1.82, 2.24) is 25.1 Å². The molecule has 94 valence electrons. The van der Waals surface area contributed by atoms with Crippen LogP contribution in [0.25, 0.3) is 0 Å². The van der Waals surface area contributed by atoms with Gasteiger partial charge in [0.15, 0.2) is 5.82 Å². The number of ether oxygens (including phenoxy) is 1. The Balaban J connectivity index is 1.62. The normalized spacial score (nSPS) is 23.1. The van der Waals surface area contributed by atoms with Crippen molar-refractivity contribution in [2.24, 2.45) is 5.92 Å². The molecule has 2 aromatic rings. The van der Waals surface area contributed by atoms with Crippen molar-refractivity contribution in [3.63, 3.8) is 0 Å². The van der Waals surface area contributed by atoms with Gasteiger partial charge in [0.2, 0.25) is 0 Å². The average Bonchev–Trinajstić information content (AvgIpc) is 3.08. The molecule has 2 atom stereocenters. The molecule has 1 aliphatic rings. The summed E-state index contributed by atoms with van der Waals surface area (Å²) in [5, 5.41) is 9.99. The zero-order valence-electron chi connectivity index (χ0n) is 9.78. The first-order valence-corrected chi connectivity index (χ1v) is 5.90. The van der Waals surface area contributed by atoms with Gasteiger partial charge < -0.3 is 10.1 Å². The fourth-order valence-corrected chi connectivity index (χ4v) is 2.12. The highest BCUT2D eigenvalue weighted by atomic mass is 16.5. The van der Waals surface area contributed by atoms with Crippen molar-refractivity contribution in [3.05, 3.63) is 30.7 Å². The van der Waals surface area contributed by atoms with Gasteiger partial charge in [-0.1, -0.05) is 0 Å². The molecule has 7 nitrogen and oxygen atoms in total. The number of nitrogens with zero attached hydrogens (tertiary/aromatic N) is 4. The lowest BCUT2D eigenvalue weighted by Crippen LogP contribution is -2.19. The van der Waals surface area contributed by atoms with Gasteiger partial charge in [-0.15, -0.1) is 0 Å². The van der Waals surface area contributed by atoms with E-state index in [0.717, 1.165) is 31.2 Å². The summed E-state index contributed by atoms with van der Waals surface area (Å²) in [6.07, 6.45) is 7.52. The van der Waals surface area contributed by atoms with E-state index < -0.39 is 0 Å². The van der Waals surface area contributed by atoms with Crippen molar-refractivity contribution in [3.8, 4) is 0 Å². The Morgan fingerprint density at radius 3 is 3.17 bits per heavy atom. The zero-order valence-corrected chi connectivity index (χ0v) is 9.78. The van der Waals surface area contributed by atoms with E-state index in [0.29, 0.717) is 5.92 Å². The van der Waals surface area contributed by atoms with Crippen LogP contribution in [0.1, 0.15) is 18.3 Å². The minimum absolute atomic E-state index is 0.0170. The molecule has 0 radical (unpaired) electrons. The van der Waals surface area contributed by atoms with Crippen LogP contribution >= 0.6 is 0 Å². The monoisotopic (exact) mass is 246 g/mol. The summed E-state index contributed by atoms with van der Waals surface area (Å²) < 4.78 is 5.69. The van der Waals surface area contributed by atoms with E-state index in [2.05, 4.69) is 30.5 Å². The SMILES string of the molecule is c1cnc(NC[C@@H]2CCO[C@@H]2c2ncn[nH]2)cn1. The minimum Gasteiger partial charge on any atom is -0.370 e. The third-order valence-electron chi connectivity index (χ3n) is 3.03. The molecule has 18 heavy (non-hydrogen) atoms. The standard InChI is InChI=1S/C11H14N6O/c1-4-18-10(11-15-7-16-17-11)8(1)5-14-9-6-12-2-3-13-9/h2-3,6-8,10H,1,4-5H2,(H,13,14)(H,15,16,17)/t8-,10-/m0/s1. The Hall–Kier alpha value is -2.02. The summed E-state index contributed by atoms with van der Waals surface area (Å²) in [7, 11) is 0. The molecular weight excluding hydrogens is 232 g/mol. The molecule has 0 aliphatic carbocycles. The van der Waals surface area contributed by atoms with E-state index in [1.165, 1.54) is 6.33 Å². The number of rotatable bonds is 4. The highest BCUT2D eigenvalue weighted by molar-refractivity contribution is 5.29. The van der Waals surface area contributed by atoms with Gasteiger partial charge in [-0.3, -0.25) is 10.1 Å². The Kier molecular flexibility index (Phi) is 3.14. The van der Waals surface area contributed by atoms with Crippen LogP contribution in [0.2, 0.25) is 0 Å². The van der Waals surface area contributed by atoms with Gasteiger partial charge in [0.05, 0.1) is 6.20 Å². The molecule has 2 aromatic heterocycles. The molecule has 0 unspecified atom stereocenters. The van der Waals surface area contributed by atoms with Gasteiger partial charge >= 0.3 is 0 Å². The van der Waals surface area contributed by atoms with Gasteiger partial charge in [-0.05, 0) is 6.42 Å². The second kappa shape index (κ2) is 5.09. The third-order valence-corrected chi connectivity index (χ3v) is 3.03. The number of hydrogen-bond donors (Lipinski definition) is 2. The average molecular weight is 246 g/mol. The van der Waals surface area contributed by atoms with Gasteiger partial charge in [0.1, 0.15) is 18.2 Å². The van der Waals surface area contributed by atoms with Crippen LogP contribution in [0.15, 0.2) is 24.9 Å². The van der Waals surface area contributed by atoms with Crippen LogP contribution in [0.5, 0.6) is 0 Å². The second-order valence-electron chi connectivity index (χ2n) is 4.18. The fraction of sp³-hybridized carbons (Fsp3) is 0.455. The Labute approximate surface area is 104 Å². The number of H-pyrrole nitrogens is 1. The van der Waals surface area contributed by atoms with Crippen LogP contribution in [-0.2, 0) is 4.74 Å². The van der Waals surface area contributed by atoms with E-state index in [-0.39, 0.29) is 6.10 Å². The maximum atomic E-state index is 5.69. The lowest BCUT2D eigenvalue weighted by atomic mass is 10.0. The molecule has 0 spiro atoms. The molecule has 7 heteroatoms. The first-order valence-electron chi connectivity index (χ1n) is 5.90. The molecule has 1 aliphatic heterocycles. The van der Waals surface area contributed by atoms with Gasteiger partial charge in [0, 0.05) is 31.5 Å². The quantitative estimate of drug-likeness (QED) is 0.829. The van der Waals surface area contributed by atoms with Crippen LogP contribution in [0.4, 0.5) is 5.82 Å². The van der Waals surface area contributed by atoms with E-state index in [1.54, 1.807) is 18.6 Å². The van der Waals surface area contributed by atoms with E-state index in [1.807, 2.05) is 0 Å². The molecule has 3 rings (SSSR count). The molecule has 0 saturated carbocycles. The Bertz CT molecular complexity index is 474. The predicted octanol–water partition coefficient (Wildman–Crippen LogP) is 0.784. The second-order valence-corrected chi connectivity index (χ2v) is 4.18. The third kappa shape index (κ3) is 2.30. The Morgan fingerprint density at radius 2 is 2.39 bits per heavy atom. The van der Waals surface area contributed by atoms with Crippen LogP contribution in [0.3, 0.4) is 0 Å². The first kappa shape index (κ1) is 11.1. The summed E-state index contributed by atoms with van der Waals surface area (Å²) in [5.74, 6) is 1.93. The zero-order chi connectivity index (χ0) is 12.2. The van der Waals surface area contributed by atoms with Crippen LogP contribution in [-0.4, -0.2) is 38.3 Å². The number of aromatic nitrogens is 5. The maximum absolute atomic E-state index is 5.69. The molecule has 2 N–H and O–H groups in total. The molecular formula is C11H14N6O. The molecule has 3 heterocycles. The summed E-state index contributed by atoms with van der Waals surface area (Å²) in [6, 6.07) is 0. The summed E-state index contributed by atoms with van der Waals surface area (Å²) in [4.78, 5) is 12.3. The van der Waals surface area contributed by atoms with E-state index >= 15 is 0 Å². The minimum atomic E-state index is -0.0170. The number of anilines is 1. The van der Waals surface area contributed by atoms with Crippen molar-refractivity contribution in [2.45, 2.75) is 12.5 Å². The first-order chi connectivity index (χ1) is 8.93. The highest BCUT2D eigenvalue weighted by Gasteiger charge is 2.31. The molecule has 0 amide bonds. The predicted molar refractivity (Wildman–Crippen MR) is 63.7 cm³/mol. The number of hydrogen-bond acceptors (Lipinski definition) is 6. The fourth-order valence-electron chi connectivity index (χ4n) is 2.12. The van der Waals surface area contributed by atoms with Crippen molar-refractivity contribution >= 4 is 5.82 Å². The van der Waals surface area contributed by atoms with Crippen LogP contribution in [0, 0.1) is 5.92 Å². The smallest absolute Gasteiger partial charge is 0.153 e. The van der Waals surface area contributed by atoms with E-state index in [9.17, 15) is 0 Å². The molecule has 0 aromatic carbocycles. The van der Waals surface area contributed by atoms with Crippen molar-refractivity contribution in [1.29, 1.82) is 0 Å². The molecule has 0 bridgehead atoms. The lowest BCUT2D eigenvalue weighted by Gasteiger charge is -2.16. The van der Waals surface area contributed by atoms with E-state index in [4.69, 9.17) is 4.74 Å².